The lowest BCUT2D eigenvalue weighted by atomic mass is 10.3. The normalized spacial score (nSPS) is 10.3. The Bertz CT molecular complexity index is 578. The van der Waals surface area contributed by atoms with Gasteiger partial charge in [0.1, 0.15) is 5.75 Å². The zero-order valence-corrected chi connectivity index (χ0v) is 9.80. The highest BCUT2D eigenvalue weighted by Crippen LogP contribution is 2.16. The van der Waals surface area contributed by atoms with E-state index < -0.39 is 0 Å². The van der Waals surface area contributed by atoms with Crippen LogP contribution in [0.3, 0.4) is 0 Å². The number of H-pyrrole nitrogens is 1. The van der Waals surface area contributed by atoms with Gasteiger partial charge in [0.05, 0.1) is 12.3 Å². The maximum atomic E-state index is 11.4. The van der Waals surface area contributed by atoms with Crippen LogP contribution in [0.15, 0.2) is 35.1 Å². The van der Waals surface area contributed by atoms with E-state index in [0.29, 0.717) is 17.3 Å². The van der Waals surface area contributed by atoms with Gasteiger partial charge < -0.3 is 15.2 Å². The van der Waals surface area contributed by atoms with Gasteiger partial charge in [-0.05, 0) is 24.3 Å². The molecule has 0 saturated heterocycles. The summed E-state index contributed by atoms with van der Waals surface area (Å²) in [6.45, 7) is 0.272. The number of nitrogens with one attached hydrogen (secondary N) is 2. The first kappa shape index (κ1) is 12.1. The first-order valence-corrected chi connectivity index (χ1v) is 5.32. The Morgan fingerprint density at radius 3 is 2.78 bits per heavy atom. The number of phenols is 1. The Morgan fingerprint density at radius 1 is 1.39 bits per heavy atom. The van der Waals surface area contributed by atoms with Gasteiger partial charge in [0.15, 0.2) is 0 Å². The van der Waals surface area contributed by atoms with Crippen LogP contribution >= 0.6 is 0 Å². The summed E-state index contributed by atoms with van der Waals surface area (Å²) in [6.07, 6.45) is 0. The van der Waals surface area contributed by atoms with Crippen molar-refractivity contribution in [1.29, 1.82) is 0 Å². The van der Waals surface area contributed by atoms with E-state index in [1.165, 1.54) is 13.2 Å². The number of ether oxygens (including phenoxy) is 1. The maximum Gasteiger partial charge on any atom is 0.252 e. The van der Waals surface area contributed by atoms with Crippen LogP contribution in [0, 0.1) is 0 Å². The third-order valence-corrected chi connectivity index (χ3v) is 2.22. The smallest absolute Gasteiger partial charge is 0.252 e. The van der Waals surface area contributed by atoms with E-state index in [2.05, 4.69) is 15.3 Å². The van der Waals surface area contributed by atoms with Crippen LogP contribution < -0.4 is 10.9 Å². The number of nitrogens with zero attached hydrogens (tertiary/aromatic N) is 1. The van der Waals surface area contributed by atoms with Crippen LogP contribution in [-0.2, 0) is 11.3 Å². The summed E-state index contributed by atoms with van der Waals surface area (Å²) < 4.78 is 4.93. The average molecular weight is 247 g/mol. The van der Waals surface area contributed by atoms with E-state index in [1.807, 2.05) is 0 Å². The second-order valence-corrected chi connectivity index (χ2v) is 3.69. The number of benzene rings is 1. The van der Waals surface area contributed by atoms with Gasteiger partial charge in [-0.2, -0.15) is 0 Å². The SMILES string of the molecule is COCc1cc(=O)[nH]c(Nc2ccc(O)cc2)n1. The molecule has 6 nitrogen and oxygen atoms in total. The molecule has 0 saturated carbocycles. The van der Waals surface area contributed by atoms with Gasteiger partial charge in [-0.1, -0.05) is 0 Å². The Hall–Kier alpha value is -2.34. The highest BCUT2D eigenvalue weighted by atomic mass is 16.5. The van der Waals surface area contributed by atoms with Crippen LogP contribution in [-0.4, -0.2) is 22.2 Å². The molecule has 3 N–H and O–H groups in total. The molecule has 0 bridgehead atoms. The number of anilines is 2. The fourth-order valence-corrected chi connectivity index (χ4v) is 1.47. The Morgan fingerprint density at radius 2 is 2.11 bits per heavy atom. The van der Waals surface area contributed by atoms with Gasteiger partial charge in [0.25, 0.3) is 5.56 Å². The zero-order valence-electron chi connectivity index (χ0n) is 9.80. The summed E-state index contributed by atoms with van der Waals surface area (Å²) >= 11 is 0. The topological polar surface area (TPSA) is 87.2 Å². The van der Waals surface area contributed by atoms with Crippen molar-refractivity contribution < 1.29 is 9.84 Å². The summed E-state index contributed by atoms with van der Waals surface area (Å²) in [7, 11) is 1.54. The van der Waals surface area contributed by atoms with Crippen LogP contribution in [0.5, 0.6) is 5.75 Å². The number of methoxy groups -OCH3 is 1. The molecule has 0 unspecified atom stereocenters. The lowest BCUT2D eigenvalue weighted by Gasteiger charge is -2.06. The van der Waals surface area contributed by atoms with Crippen LogP contribution in [0.1, 0.15) is 5.69 Å². The lowest BCUT2D eigenvalue weighted by Crippen LogP contribution is -2.12. The van der Waals surface area contributed by atoms with Gasteiger partial charge >= 0.3 is 0 Å². The van der Waals surface area contributed by atoms with E-state index >= 15 is 0 Å². The molecule has 94 valence electrons. The largest absolute Gasteiger partial charge is 0.508 e. The fourth-order valence-electron chi connectivity index (χ4n) is 1.47. The van der Waals surface area contributed by atoms with Crippen LogP contribution in [0.4, 0.5) is 11.6 Å². The van der Waals surface area contributed by atoms with Gasteiger partial charge in [-0.15, -0.1) is 0 Å². The molecule has 0 atom stereocenters. The van der Waals surface area contributed by atoms with Crippen LogP contribution in [0.2, 0.25) is 0 Å². The number of hydrogen-bond acceptors (Lipinski definition) is 5. The van der Waals surface area contributed by atoms with E-state index in [1.54, 1.807) is 24.3 Å². The van der Waals surface area contributed by atoms with Crippen molar-refractivity contribution in [2.45, 2.75) is 6.61 Å². The monoisotopic (exact) mass is 247 g/mol. The third-order valence-electron chi connectivity index (χ3n) is 2.22. The number of aromatic amines is 1. The molecule has 6 heteroatoms. The van der Waals surface area contributed by atoms with E-state index in [-0.39, 0.29) is 17.9 Å². The second kappa shape index (κ2) is 5.33. The molecule has 0 radical (unpaired) electrons. The molecule has 0 aliphatic heterocycles. The molecule has 0 aliphatic rings. The second-order valence-electron chi connectivity index (χ2n) is 3.69. The summed E-state index contributed by atoms with van der Waals surface area (Å²) in [6, 6.07) is 7.82. The molecule has 2 rings (SSSR count). The predicted molar refractivity (Wildman–Crippen MR) is 67.0 cm³/mol. The average Bonchev–Trinajstić information content (AvgIpc) is 2.32. The molecule has 0 spiro atoms. The summed E-state index contributed by atoms with van der Waals surface area (Å²) in [4.78, 5) is 18.2. The third kappa shape index (κ3) is 3.08. The molecule has 18 heavy (non-hydrogen) atoms. The number of phenolic OH excluding ortho intramolecular Hbond substituents is 1. The van der Waals surface area contributed by atoms with Gasteiger partial charge in [-0.25, -0.2) is 4.98 Å². The molecule has 1 aromatic heterocycles. The number of aromatic nitrogens is 2. The van der Waals surface area contributed by atoms with E-state index in [0.717, 1.165) is 0 Å². The van der Waals surface area contributed by atoms with Gasteiger partial charge in [0, 0.05) is 18.9 Å². The first-order valence-electron chi connectivity index (χ1n) is 5.32. The summed E-state index contributed by atoms with van der Waals surface area (Å²) in [5.74, 6) is 0.510. The minimum absolute atomic E-state index is 0.176. The Kier molecular flexibility index (Phi) is 3.59. The molecule has 2 aromatic rings. The predicted octanol–water partition coefficient (Wildman–Crippen LogP) is 1.37. The van der Waals surface area contributed by atoms with Crippen LogP contribution in [0.25, 0.3) is 0 Å². The van der Waals surface area contributed by atoms with Gasteiger partial charge in [-0.3, -0.25) is 9.78 Å². The minimum atomic E-state index is -0.252. The quantitative estimate of drug-likeness (QED) is 0.710. The standard InChI is InChI=1S/C12H13N3O3/c1-18-7-9-6-11(17)15-12(14-9)13-8-2-4-10(16)5-3-8/h2-6,16H,7H2,1H3,(H2,13,14,15,17). The van der Waals surface area contributed by atoms with Crippen molar-refractivity contribution in [2.75, 3.05) is 12.4 Å². The van der Waals surface area contributed by atoms with Crippen molar-refractivity contribution in [3.8, 4) is 5.75 Å². The van der Waals surface area contributed by atoms with Crippen molar-refractivity contribution >= 4 is 11.6 Å². The van der Waals surface area contributed by atoms with Gasteiger partial charge in [0.2, 0.25) is 5.95 Å². The molecular formula is C12H13N3O3. The van der Waals surface area contributed by atoms with Crippen molar-refractivity contribution in [3.63, 3.8) is 0 Å². The number of hydrogen-bond donors (Lipinski definition) is 3. The maximum absolute atomic E-state index is 11.4. The number of aromatic hydroxyl groups is 1. The zero-order chi connectivity index (χ0) is 13.0. The molecule has 0 fully saturated rings. The molecular weight excluding hydrogens is 234 g/mol. The first-order chi connectivity index (χ1) is 8.67. The van der Waals surface area contributed by atoms with Crippen molar-refractivity contribution in [1.82, 2.24) is 9.97 Å². The molecule has 1 heterocycles. The molecule has 0 aliphatic carbocycles. The summed E-state index contributed by atoms with van der Waals surface area (Å²) in [5, 5.41) is 12.1. The highest BCUT2D eigenvalue weighted by molar-refractivity contribution is 5.54. The number of rotatable bonds is 4. The fraction of sp³-hybridized carbons (Fsp3) is 0.167. The molecule has 1 aromatic carbocycles. The summed E-state index contributed by atoms with van der Waals surface area (Å²) in [5.41, 5.74) is 1.01. The molecule has 0 amide bonds. The van der Waals surface area contributed by atoms with E-state index in [4.69, 9.17) is 9.84 Å². The lowest BCUT2D eigenvalue weighted by molar-refractivity contribution is 0.181. The minimum Gasteiger partial charge on any atom is -0.508 e. The van der Waals surface area contributed by atoms with E-state index in [9.17, 15) is 4.79 Å². The van der Waals surface area contributed by atoms with Crippen molar-refractivity contribution in [2.24, 2.45) is 0 Å². The Balaban J connectivity index is 2.23. The Labute approximate surface area is 103 Å². The van der Waals surface area contributed by atoms with Crippen molar-refractivity contribution in [3.05, 3.63) is 46.4 Å². The highest BCUT2D eigenvalue weighted by Gasteiger charge is 2.01.